The fraction of sp³-hybridized carbons (Fsp3) is 0.267. The van der Waals surface area contributed by atoms with Gasteiger partial charge in [-0.05, 0) is 43.5 Å². The second-order valence-electron chi connectivity index (χ2n) is 4.95. The summed E-state index contributed by atoms with van der Waals surface area (Å²) in [6.07, 6.45) is 3.81. The first-order chi connectivity index (χ1) is 9.41. The smallest absolute Gasteiger partial charge is 0.339 e. The van der Waals surface area contributed by atoms with Crippen molar-refractivity contribution in [1.29, 1.82) is 0 Å². The molecule has 0 saturated heterocycles. The number of rotatable bonds is 3. The molecule has 5 heteroatoms. The maximum absolute atomic E-state index is 11.0. The second kappa shape index (κ2) is 5.38. The molecule has 1 heterocycles. The highest BCUT2D eigenvalue weighted by molar-refractivity contribution is 5.71. The van der Waals surface area contributed by atoms with Gasteiger partial charge in [-0.3, -0.25) is 5.21 Å². The predicted octanol–water partition coefficient (Wildman–Crippen LogP) is 2.93. The Hall–Kier alpha value is -2.27. The van der Waals surface area contributed by atoms with Gasteiger partial charge in [0.2, 0.25) is 0 Å². The fourth-order valence-electron chi connectivity index (χ4n) is 2.34. The molecule has 0 saturated carbocycles. The lowest BCUT2D eigenvalue weighted by Gasteiger charge is -2.19. The molecule has 0 aliphatic rings. The van der Waals surface area contributed by atoms with Gasteiger partial charge in [-0.2, -0.15) is 5.06 Å². The van der Waals surface area contributed by atoms with Crippen LogP contribution in [0.4, 0.5) is 4.79 Å². The van der Waals surface area contributed by atoms with Crippen LogP contribution < -0.4 is 5.73 Å². The monoisotopic (exact) mass is 273 g/mol. The quantitative estimate of drug-likeness (QED) is 0.666. The molecule has 2 amide bonds. The van der Waals surface area contributed by atoms with E-state index in [2.05, 4.69) is 0 Å². The first-order valence-corrected chi connectivity index (χ1v) is 6.44. The van der Waals surface area contributed by atoms with Crippen LogP contribution in [-0.2, 0) is 0 Å². The van der Waals surface area contributed by atoms with Crippen molar-refractivity contribution in [1.82, 2.24) is 9.63 Å². The van der Waals surface area contributed by atoms with E-state index in [4.69, 9.17) is 5.73 Å². The minimum atomic E-state index is -0.864. The zero-order valence-corrected chi connectivity index (χ0v) is 11.9. The number of nitrogens with two attached hydrogens (primary N) is 1. The highest BCUT2D eigenvalue weighted by atomic mass is 16.5. The van der Waals surface area contributed by atoms with Gasteiger partial charge in [0.1, 0.15) is 0 Å². The Morgan fingerprint density at radius 3 is 2.45 bits per heavy atom. The number of benzene rings is 1. The molecule has 20 heavy (non-hydrogen) atoms. The maximum atomic E-state index is 11.0. The Morgan fingerprint density at radius 2 is 1.90 bits per heavy atom. The van der Waals surface area contributed by atoms with Crippen molar-refractivity contribution in [2.24, 2.45) is 5.73 Å². The average molecular weight is 273 g/mol. The Kier molecular flexibility index (Phi) is 3.81. The van der Waals surface area contributed by atoms with E-state index >= 15 is 0 Å². The van der Waals surface area contributed by atoms with E-state index in [1.165, 1.54) is 0 Å². The zero-order valence-electron chi connectivity index (χ0n) is 11.9. The third-order valence-corrected chi connectivity index (χ3v) is 3.49. The van der Waals surface area contributed by atoms with Gasteiger partial charge in [-0.25, -0.2) is 4.79 Å². The van der Waals surface area contributed by atoms with Gasteiger partial charge in [-0.1, -0.05) is 18.2 Å². The first kappa shape index (κ1) is 14.1. The fourth-order valence-corrected chi connectivity index (χ4v) is 2.34. The van der Waals surface area contributed by atoms with E-state index in [9.17, 15) is 10.0 Å². The summed E-state index contributed by atoms with van der Waals surface area (Å²) in [4.78, 5) is 11.0. The van der Waals surface area contributed by atoms with Gasteiger partial charge < -0.3 is 10.3 Å². The lowest BCUT2D eigenvalue weighted by molar-refractivity contribution is -0.0709. The molecule has 2 aromatic rings. The number of nitrogens with zero attached hydrogens (tertiary/aromatic N) is 2. The summed E-state index contributed by atoms with van der Waals surface area (Å²) in [5.74, 6) is 0. The molecule has 1 unspecified atom stereocenters. The predicted molar refractivity (Wildman–Crippen MR) is 76.9 cm³/mol. The molecule has 0 fully saturated rings. The normalized spacial score (nSPS) is 12.2. The maximum Gasteiger partial charge on any atom is 0.339 e. The van der Waals surface area contributed by atoms with Crippen molar-refractivity contribution in [3.8, 4) is 5.69 Å². The van der Waals surface area contributed by atoms with E-state index in [1.54, 1.807) is 6.92 Å². The van der Waals surface area contributed by atoms with Crippen molar-refractivity contribution in [3.63, 3.8) is 0 Å². The molecule has 0 aliphatic carbocycles. The van der Waals surface area contributed by atoms with E-state index in [-0.39, 0.29) is 0 Å². The Bertz CT molecular complexity index is 614. The zero-order chi connectivity index (χ0) is 14.9. The topological polar surface area (TPSA) is 71.5 Å². The van der Waals surface area contributed by atoms with E-state index in [1.807, 2.05) is 55.1 Å². The lowest BCUT2D eigenvalue weighted by Crippen LogP contribution is -2.34. The minimum Gasteiger partial charge on any atom is -0.350 e. The van der Waals surface area contributed by atoms with E-state index < -0.39 is 12.1 Å². The molecule has 0 aliphatic heterocycles. The molecule has 106 valence electrons. The molecule has 1 aromatic carbocycles. The van der Waals surface area contributed by atoms with Crippen molar-refractivity contribution >= 4 is 6.03 Å². The van der Waals surface area contributed by atoms with Crippen molar-refractivity contribution < 1.29 is 10.0 Å². The number of amides is 2. The van der Waals surface area contributed by atoms with E-state index in [0.717, 1.165) is 22.4 Å². The average Bonchev–Trinajstić information content (AvgIpc) is 2.86. The Balaban J connectivity index is 2.36. The molecule has 3 N–H and O–H groups in total. The number of urea groups is 1. The van der Waals surface area contributed by atoms with Gasteiger partial charge in [0.05, 0.1) is 11.7 Å². The first-order valence-electron chi connectivity index (χ1n) is 6.44. The summed E-state index contributed by atoms with van der Waals surface area (Å²) in [5, 5.41) is 10.1. The van der Waals surface area contributed by atoms with Crippen LogP contribution in [0.1, 0.15) is 29.7 Å². The molecular formula is C15H19N3O2. The van der Waals surface area contributed by atoms with Crippen LogP contribution in [0.15, 0.2) is 36.7 Å². The SMILES string of the molecule is Cc1cccc(C)c1-n1ccc(C(C)N(O)C(N)=O)c1. The van der Waals surface area contributed by atoms with Gasteiger partial charge in [0.15, 0.2) is 0 Å². The largest absolute Gasteiger partial charge is 0.350 e. The third-order valence-electron chi connectivity index (χ3n) is 3.49. The second-order valence-corrected chi connectivity index (χ2v) is 4.95. The number of hydrogen-bond donors (Lipinski definition) is 2. The molecular weight excluding hydrogens is 254 g/mol. The molecule has 0 radical (unpaired) electrons. The van der Waals surface area contributed by atoms with Crippen molar-refractivity contribution in [3.05, 3.63) is 53.3 Å². The number of aryl methyl sites for hydroxylation is 2. The summed E-state index contributed by atoms with van der Waals surface area (Å²) in [6, 6.07) is 6.63. The Morgan fingerprint density at radius 1 is 1.30 bits per heavy atom. The van der Waals surface area contributed by atoms with Crippen LogP contribution >= 0.6 is 0 Å². The van der Waals surface area contributed by atoms with Gasteiger partial charge in [-0.15, -0.1) is 0 Å². The summed E-state index contributed by atoms with van der Waals surface area (Å²) in [6.45, 7) is 5.82. The van der Waals surface area contributed by atoms with E-state index in [0.29, 0.717) is 5.06 Å². The highest BCUT2D eigenvalue weighted by Gasteiger charge is 2.18. The molecule has 2 rings (SSSR count). The summed E-state index contributed by atoms with van der Waals surface area (Å²) < 4.78 is 1.99. The van der Waals surface area contributed by atoms with Crippen LogP contribution in [0.25, 0.3) is 5.69 Å². The number of hydroxylamine groups is 2. The lowest BCUT2D eigenvalue weighted by atomic mass is 10.1. The van der Waals surface area contributed by atoms with Crippen LogP contribution in [0, 0.1) is 13.8 Å². The molecule has 5 nitrogen and oxygen atoms in total. The minimum absolute atomic E-state index is 0.488. The third kappa shape index (κ3) is 2.53. The van der Waals surface area contributed by atoms with Crippen LogP contribution in [0.2, 0.25) is 0 Å². The van der Waals surface area contributed by atoms with Crippen LogP contribution in [-0.4, -0.2) is 20.9 Å². The molecule has 0 bridgehead atoms. The van der Waals surface area contributed by atoms with Crippen LogP contribution in [0.5, 0.6) is 0 Å². The molecule has 0 spiro atoms. The number of primary amides is 1. The van der Waals surface area contributed by atoms with Crippen LogP contribution in [0.3, 0.4) is 0 Å². The Labute approximate surface area is 118 Å². The van der Waals surface area contributed by atoms with Gasteiger partial charge in [0, 0.05) is 12.4 Å². The number of aromatic nitrogens is 1. The highest BCUT2D eigenvalue weighted by Crippen LogP contribution is 2.24. The number of para-hydroxylation sites is 1. The number of carbonyl (C=O) groups is 1. The molecule has 1 atom stereocenters. The summed E-state index contributed by atoms with van der Waals surface area (Å²) in [5.41, 5.74) is 9.32. The van der Waals surface area contributed by atoms with Crippen molar-refractivity contribution in [2.75, 3.05) is 0 Å². The standard InChI is InChI=1S/C15H19N3O2/c1-10-5-4-6-11(2)14(10)17-8-7-13(9-17)12(3)18(20)15(16)19/h4-9,12,20H,1-3H3,(H2,16,19). The van der Waals surface area contributed by atoms with Crippen molar-refractivity contribution in [2.45, 2.75) is 26.8 Å². The number of carbonyl (C=O) groups excluding carboxylic acids is 1. The number of hydrogen-bond acceptors (Lipinski definition) is 2. The summed E-state index contributed by atoms with van der Waals surface area (Å²) in [7, 11) is 0. The van der Waals surface area contributed by atoms with Gasteiger partial charge >= 0.3 is 6.03 Å². The van der Waals surface area contributed by atoms with Gasteiger partial charge in [0.25, 0.3) is 0 Å². The molecule has 1 aromatic heterocycles. The summed E-state index contributed by atoms with van der Waals surface area (Å²) >= 11 is 0.